The molecule has 0 aliphatic carbocycles. The highest BCUT2D eigenvalue weighted by atomic mass is 127. The van der Waals surface area contributed by atoms with Gasteiger partial charge in [-0.2, -0.15) is 0 Å². The lowest BCUT2D eigenvalue weighted by Crippen LogP contribution is -2.29. The van der Waals surface area contributed by atoms with Gasteiger partial charge >= 0.3 is 0 Å². The second-order valence-electron chi connectivity index (χ2n) is 4.88. The molecule has 0 bridgehead atoms. The van der Waals surface area contributed by atoms with Crippen molar-refractivity contribution in [2.75, 3.05) is 0 Å². The number of halogens is 2. The molecule has 2 aromatic carbocycles. The number of hydrogen-bond donors (Lipinski definition) is 2. The molecule has 1 aromatic heterocycles. The SMILES string of the molecule is Cc1cccc(C(NN)c2cc3cccc(Cl)c3o2)c1I. The summed E-state index contributed by atoms with van der Waals surface area (Å²) < 4.78 is 7.09. The lowest BCUT2D eigenvalue weighted by Gasteiger charge is -2.16. The van der Waals surface area contributed by atoms with Crippen LogP contribution in [-0.4, -0.2) is 0 Å². The zero-order chi connectivity index (χ0) is 15.0. The molecule has 108 valence electrons. The number of fused-ring (bicyclic) bond motifs is 1. The zero-order valence-electron chi connectivity index (χ0n) is 11.4. The number of furan rings is 1. The van der Waals surface area contributed by atoms with Gasteiger partial charge in [0.25, 0.3) is 0 Å². The number of hydrazine groups is 1. The quantitative estimate of drug-likeness (QED) is 0.377. The molecule has 3 N–H and O–H groups in total. The summed E-state index contributed by atoms with van der Waals surface area (Å²) in [4.78, 5) is 0. The third kappa shape index (κ3) is 2.68. The minimum Gasteiger partial charge on any atom is -0.457 e. The number of benzene rings is 2. The Balaban J connectivity index is 2.14. The van der Waals surface area contributed by atoms with Crippen molar-refractivity contribution < 1.29 is 4.42 Å². The Morgan fingerprint density at radius 2 is 2.00 bits per heavy atom. The van der Waals surface area contributed by atoms with Gasteiger partial charge in [-0.15, -0.1) is 0 Å². The third-order valence-corrected chi connectivity index (χ3v) is 5.27. The van der Waals surface area contributed by atoms with Crippen LogP contribution in [0.3, 0.4) is 0 Å². The summed E-state index contributed by atoms with van der Waals surface area (Å²) in [5.74, 6) is 6.52. The summed E-state index contributed by atoms with van der Waals surface area (Å²) >= 11 is 8.51. The summed E-state index contributed by atoms with van der Waals surface area (Å²) in [7, 11) is 0. The average molecular weight is 413 g/mol. The molecule has 0 fully saturated rings. The van der Waals surface area contributed by atoms with E-state index in [1.54, 1.807) is 0 Å². The van der Waals surface area contributed by atoms with Crippen LogP contribution >= 0.6 is 34.2 Å². The van der Waals surface area contributed by atoms with Crippen molar-refractivity contribution >= 4 is 45.2 Å². The Bertz CT molecular complexity index is 800. The Kier molecular flexibility index (Phi) is 4.21. The summed E-state index contributed by atoms with van der Waals surface area (Å²) in [5, 5.41) is 1.58. The predicted molar refractivity (Wildman–Crippen MR) is 94.3 cm³/mol. The number of nitrogens with two attached hydrogens (primary N) is 1. The fraction of sp³-hybridized carbons (Fsp3) is 0.125. The van der Waals surface area contributed by atoms with Crippen molar-refractivity contribution in [2.24, 2.45) is 5.84 Å². The predicted octanol–water partition coefficient (Wildman–Crippen LogP) is 4.55. The highest BCUT2D eigenvalue weighted by Crippen LogP contribution is 2.33. The Morgan fingerprint density at radius 1 is 1.24 bits per heavy atom. The second-order valence-corrected chi connectivity index (χ2v) is 6.37. The summed E-state index contributed by atoms with van der Waals surface area (Å²) in [6, 6.07) is 13.6. The van der Waals surface area contributed by atoms with E-state index in [-0.39, 0.29) is 6.04 Å². The standard InChI is InChI=1S/C16H14ClIN2O/c1-9-4-2-6-11(14(9)18)15(20-19)13-8-10-5-3-7-12(17)16(10)21-13/h2-8,15,20H,19H2,1H3. The fourth-order valence-corrected chi connectivity index (χ4v) is 3.30. The van der Waals surface area contributed by atoms with Crippen LogP contribution in [0.2, 0.25) is 5.02 Å². The molecule has 1 unspecified atom stereocenters. The molecule has 1 atom stereocenters. The highest BCUT2D eigenvalue weighted by molar-refractivity contribution is 14.1. The van der Waals surface area contributed by atoms with Gasteiger partial charge in [-0.3, -0.25) is 5.84 Å². The summed E-state index contributed by atoms with van der Waals surface area (Å²) in [6.07, 6.45) is 0. The van der Waals surface area contributed by atoms with Gasteiger partial charge in [-0.25, -0.2) is 5.43 Å². The summed E-state index contributed by atoms with van der Waals surface area (Å²) in [6.45, 7) is 2.08. The Labute approximate surface area is 141 Å². The minimum atomic E-state index is -0.208. The monoisotopic (exact) mass is 412 g/mol. The maximum atomic E-state index is 6.17. The number of nitrogens with one attached hydrogen (secondary N) is 1. The molecule has 0 amide bonds. The average Bonchev–Trinajstić information content (AvgIpc) is 2.89. The van der Waals surface area contributed by atoms with Gasteiger partial charge in [0.2, 0.25) is 0 Å². The van der Waals surface area contributed by atoms with Crippen LogP contribution in [0.1, 0.15) is 22.9 Å². The molecule has 0 aliphatic heterocycles. The smallest absolute Gasteiger partial charge is 0.152 e. The van der Waals surface area contributed by atoms with E-state index < -0.39 is 0 Å². The second kappa shape index (κ2) is 5.96. The first-order chi connectivity index (χ1) is 10.1. The molecule has 3 rings (SSSR count). The van der Waals surface area contributed by atoms with Crippen LogP contribution in [0.15, 0.2) is 46.9 Å². The maximum Gasteiger partial charge on any atom is 0.152 e. The molecule has 0 radical (unpaired) electrons. The van der Waals surface area contributed by atoms with Gasteiger partial charge in [-0.05, 0) is 52.8 Å². The normalized spacial score (nSPS) is 12.8. The number of hydrogen-bond acceptors (Lipinski definition) is 3. The van der Waals surface area contributed by atoms with E-state index in [0.29, 0.717) is 10.6 Å². The first-order valence-electron chi connectivity index (χ1n) is 6.51. The van der Waals surface area contributed by atoms with Crippen LogP contribution in [0.4, 0.5) is 0 Å². The fourth-order valence-electron chi connectivity index (χ4n) is 2.41. The van der Waals surface area contributed by atoms with Crippen LogP contribution < -0.4 is 11.3 Å². The Morgan fingerprint density at radius 3 is 2.71 bits per heavy atom. The largest absolute Gasteiger partial charge is 0.457 e. The number of aryl methyl sites for hydroxylation is 1. The van der Waals surface area contributed by atoms with Crippen molar-refractivity contribution in [3.05, 3.63) is 67.9 Å². The van der Waals surface area contributed by atoms with Crippen molar-refractivity contribution in [1.82, 2.24) is 5.43 Å². The number of para-hydroxylation sites is 1. The van der Waals surface area contributed by atoms with Crippen LogP contribution in [0.5, 0.6) is 0 Å². The van der Waals surface area contributed by atoms with Gasteiger partial charge in [0.1, 0.15) is 11.8 Å². The summed E-state index contributed by atoms with van der Waals surface area (Å²) in [5.41, 5.74) is 5.83. The molecule has 21 heavy (non-hydrogen) atoms. The molecule has 1 heterocycles. The minimum absolute atomic E-state index is 0.208. The zero-order valence-corrected chi connectivity index (χ0v) is 14.3. The molecule has 3 nitrogen and oxygen atoms in total. The van der Waals surface area contributed by atoms with E-state index in [9.17, 15) is 0 Å². The van der Waals surface area contributed by atoms with Crippen LogP contribution in [-0.2, 0) is 0 Å². The van der Waals surface area contributed by atoms with Crippen molar-refractivity contribution in [2.45, 2.75) is 13.0 Å². The van der Waals surface area contributed by atoms with E-state index in [0.717, 1.165) is 16.7 Å². The molecule has 0 saturated heterocycles. The first-order valence-corrected chi connectivity index (χ1v) is 7.96. The lowest BCUT2D eigenvalue weighted by molar-refractivity contribution is 0.476. The van der Waals surface area contributed by atoms with E-state index >= 15 is 0 Å². The first kappa shape index (κ1) is 14.8. The van der Waals surface area contributed by atoms with Crippen LogP contribution in [0, 0.1) is 10.5 Å². The van der Waals surface area contributed by atoms with Gasteiger partial charge in [0, 0.05) is 8.96 Å². The topological polar surface area (TPSA) is 51.2 Å². The number of rotatable bonds is 3. The highest BCUT2D eigenvalue weighted by Gasteiger charge is 2.20. The van der Waals surface area contributed by atoms with E-state index in [2.05, 4.69) is 41.0 Å². The Hall–Kier alpha value is -1.08. The van der Waals surface area contributed by atoms with E-state index in [1.807, 2.05) is 36.4 Å². The van der Waals surface area contributed by atoms with E-state index in [4.69, 9.17) is 21.9 Å². The van der Waals surface area contributed by atoms with Gasteiger partial charge in [0.15, 0.2) is 5.58 Å². The van der Waals surface area contributed by atoms with Gasteiger partial charge in [-0.1, -0.05) is 41.9 Å². The maximum absolute atomic E-state index is 6.17. The van der Waals surface area contributed by atoms with Crippen molar-refractivity contribution in [3.63, 3.8) is 0 Å². The molecular weight excluding hydrogens is 399 g/mol. The van der Waals surface area contributed by atoms with E-state index in [1.165, 1.54) is 9.13 Å². The molecule has 5 heteroatoms. The van der Waals surface area contributed by atoms with Gasteiger partial charge < -0.3 is 4.42 Å². The molecule has 0 spiro atoms. The molecule has 0 saturated carbocycles. The van der Waals surface area contributed by atoms with Gasteiger partial charge in [0.05, 0.1) is 5.02 Å². The molecule has 3 aromatic rings. The van der Waals surface area contributed by atoms with Crippen molar-refractivity contribution in [3.8, 4) is 0 Å². The molecule has 0 aliphatic rings. The molecular formula is C16H14ClIN2O. The lowest BCUT2D eigenvalue weighted by atomic mass is 10.0. The van der Waals surface area contributed by atoms with Crippen molar-refractivity contribution in [1.29, 1.82) is 0 Å². The third-order valence-electron chi connectivity index (χ3n) is 3.50. The van der Waals surface area contributed by atoms with Crippen LogP contribution in [0.25, 0.3) is 11.0 Å².